The molecule has 0 saturated carbocycles. The van der Waals surface area contributed by atoms with Crippen molar-refractivity contribution in [1.82, 2.24) is 9.29 Å². The number of benzene rings is 1. The minimum Gasteiger partial charge on any atom is -0.354 e. The van der Waals surface area contributed by atoms with Crippen molar-refractivity contribution in [3.63, 3.8) is 0 Å². The van der Waals surface area contributed by atoms with Gasteiger partial charge in [-0.05, 0) is 49.6 Å². The van der Waals surface area contributed by atoms with Crippen molar-refractivity contribution in [2.75, 3.05) is 0 Å². The third-order valence-electron chi connectivity index (χ3n) is 3.68. The first-order valence-electron chi connectivity index (χ1n) is 7.49. The molecular formula is C17H21N3O2S. The summed E-state index contributed by atoms with van der Waals surface area (Å²) in [7, 11) is -1.45. The standard InChI is InChI=1S/C17H21N3O2S/c1-14(8-9-17-7-4-10-20(17)2)19-23(21,22)13-16-6-3-5-15(11-16)12-18/h3-7,10-11,14,19H,8-9,13H2,1-2H3. The first kappa shape index (κ1) is 17.3. The molecule has 2 aromatic rings. The number of nitriles is 1. The van der Waals surface area contributed by atoms with Gasteiger partial charge in [-0.2, -0.15) is 5.26 Å². The molecule has 0 saturated heterocycles. The van der Waals surface area contributed by atoms with Gasteiger partial charge >= 0.3 is 0 Å². The van der Waals surface area contributed by atoms with E-state index in [-0.39, 0.29) is 11.8 Å². The number of rotatable bonds is 7. The summed E-state index contributed by atoms with van der Waals surface area (Å²) in [4.78, 5) is 0. The summed E-state index contributed by atoms with van der Waals surface area (Å²) in [5.41, 5.74) is 2.26. The Bertz CT molecular complexity index is 803. The van der Waals surface area contributed by atoms with Crippen LogP contribution in [0, 0.1) is 11.3 Å². The number of hydrogen-bond acceptors (Lipinski definition) is 3. The number of nitrogens with one attached hydrogen (secondary N) is 1. The minimum absolute atomic E-state index is 0.114. The maximum atomic E-state index is 12.2. The van der Waals surface area contributed by atoms with Crippen LogP contribution in [0.3, 0.4) is 0 Å². The molecule has 0 amide bonds. The molecule has 122 valence electrons. The zero-order chi connectivity index (χ0) is 16.9. The molecule has 5 nitrogen and oxygen atoms in total. The molecule has 1 aromatic heterocycles. The molecule has 0 aliphatic heterocycles. The van der Waals surface area contributed by atoms with Crippen molar-refractivity contribution in [3.8, 4) is 6.07 Å². The van der Waals surface area contributed by atoms with Gasteiger partial charge in [-0.15, -0.1) is 0 Å². The van der Waals surface area contributed by atoms with E-state index in [0.717, 1.165) is 12.8 Å². The van der Waals surface area contributed by atoms with Crippen molar-refractivity contribution in [1.29, 1.82) is 5.26 Å². The first-order chi connectivity index (χ1) is 10.9. The Kier molecular flexibility index (Phi) is 5.59. The van der Waals surface area contributed by atoms with Gasteiger partial charge in [0.15, 0.2) is 0 Å². The van der Waals surface area contributed by atoms with Crippen LogP contribution in [0.1, 0.15) is 30.2 Å². The van der Waals surface area contributed by atoms with E-state index in [4.69, 9.17) is 5.26 Å². The lowest BCUT2D eigenvalue weighted by molar-refractivity contribution is 0.542. The average Bonchev–Trinajstić information content (AvgIpc) is 2.89. The van der Waals surface area contributed by atoms with E-state index < -0.39 is 10.0 Å². The minimum atomic E-state index is -3.43. The number of aromatic nitrogens is 1. The molecular weight excluding hydrogens is 310 g/mol. The van der Waals surface area contributed by atoms with Crippen LogP contribution >= 0.6 is 0 Å². The zero-order valence-electron chi connectivity index (χ0n) is 13.4. The molecule has 1 aromatic carbocycles. The largest absolute Gasteiger partial charge is 0.354 e. The Morgan fingerprint density at radius 3 is 2.74 bits per heavy atom. The van der Waals surface area contributed by atoms with Crippen molar-refractivity contribution < 1.29 is 8.42 Å². The summed E-state index contributed by atoms with van der Waals surface area (Å²) in [5.74, 6) is -0.114. The molecule has 1 atom stereocenters. The Morgan fingerprint density at radius 1 is 1.30 bits per heavy atom. The fourth-order valence-corrected chi connectivity index (χ4v) is 3.91. The quantitative estimate of drug-likeness (QED) is 0.846. The Morgan fingerprint density at radius 2 is 2.09 bits per heavy atom. The van der Waals surface area contributed by atoms with Gasteiger partial charge in [0, 0.05) is 25.0 Å². The molecule has 0 radical (unpaired) electrons. The van der Waals surface area contributed by atoms with Crippen LogP contribution in [0.15, 0.2) is 42.6 Å². The number of nitrogens with zero attached hydrogens (tertiary/aromatic N) is 2. The second-order valence-electron chi connectivity index (χ2n) is 5.74. The fourth-order valence-electron chi connectivity index (χ4n) is 2.48. The second kappa shape index (κ2) is 7.44. The van der Waals surface area contributed by atoms with Gasteiger partial charge in [-0.3, -0.25) is 0 Å². The van der Waals surface area contributed by atoms with Gasteiger partial charge in [0.25, 0.3) is 0 Å². The second-order valence-corrected chi connectivity index (χ2v) is 7.49. The van der Waals surface area contributed by atoms with E-state index in [9.17, 15) is 8.42 Å². The SMILES string of the molecule is CC(CCc1cccn1C)NS(=O)(=O)Cc1cccc(C#N)c1. The maximum absolute atomic E-state index is 12.2. The fraction of sp³-hybridized carbons (Fsp3) is 0.353. The molecule has 1 N–H and O–H groups in total. The molecule has 0 spiro atoms. The lowest BCUT2D eigenvalue weighted by Crippen LogP contribution is -2.34. The smallest absolute Gasteiger partial charge is 0.216 e. The van der Waals surface area contributed by atoms with Crippen molar-refractivity contribution in [2.45, 2.75) is 31.6 Å². The van der Waals surface area contributed by atoms with Gasteiger partial charge in [0.2, 0.25) is 10.0 Å². The van der Waals surface area contributed by atoms with Crippen molar-refractivity contribution >= 4 is 10.0 Å². The number of aryl methyl sites for hydroxylation is 2. The van der Waals surface area contributed by atoms with Crippen LogP contribution in [-0.4, -0.2) is 19.0 Å². The third-order valence-corrected chi connectivity index (χ3v) is 5.15. The summed E-state index contributed by atoms with van der Waals surface area (Å²) in [6.45, 7) is 1.87. The van der Waals surface area contributed by atoms with Crippen LogP contribution in [0.25, 0.3) is 0 Å². The molecule has 0 aliphatic rings. The maximum Gasteiger partial charge on any atom is 0.216 e. The van der Waals surface area contributed by atoms with Crippen LogP contribution in [0.4, 0.5) is 0 Å². The average molecular weight is 331 g/mol. The van der Waals surface area contributed by atoms with Crippen molar-refractivity contribution in [3.05, 3.63) is 59.4 Å². The topological polar surface area (TPSA) is 74.9 Å². The zero-order valence-corrected chi connectivity index (χ0v) is 14.2. The molecule has 0 fully saturated rings. The Hall–Kier alpha value is -2.10. The summed E-state index contributed by atoms with van der Waals surface area (Å²) in [6.07, 6.45) is 3.53. The summed E-state index contributed by atoms with van der Waals surface area (Å²) in [5, 5.41) is 8.87. The van der Waals surface area contributed by atoms with E-state index in [0.29, 0.717) is 11.1 Å². The van der Waals surface area contributed by atoms with Crippen molar-refractivity contribution in [2.24, 2.45) is 7.05 Å². The summed E-state index contributed by atoms with van der Waals surface area (Å²) >= 11 is 0. The third kappa shape index (κ3) is 5.23. The van der Waals surface area contributed by atoms with Crippen LogP contribution in [0.5, 0.6) is 0 Å². The van der Waals surface area contributed by atoms with Crippen LogP contribution < -0.4 is 4.72 Å². The molecule has 6 heteroatoms. The molecule has 0 aliphatic carbocycles. The van der Waals surface area contributed by atoms with Gasteiger partial charge in [0.05, 0.1) is 17.4 Å². The molecule has 2 rings (SSSR count). The van der Waals surface area contributed by atoms with E-state index >= 15 is 0 Å². The molecule has 0 bridgehead atoms. The monoisotopic (exact) mass is 331 g/mol. The van der Waals surface area contributed by atoms with E-state index in [2.05, 4.69) is 4.72 Å². The highest BCUT2D eigenvalue weighted by molar-refractivity contribution is 7.88. The highest BCUT2D eigenvalue weighted by Crippen LogP contribution is 2.10. The van der Waals surface area contributed by atoms with Gasteiger partial charge in [-0.1, -0.05) is 12.1 Å². The molecule has 1 heterocycles. The van der Waals surface area contributed by atoms with E-state index in [1.54, 1.807) is 24.3 Å². The summed E-state index contributed by atoms with van der Waals surface area (Å²) in [6, 6.07) is 12.6. The van der Waals surface area contributed by atoms with Gasteiger partial charge in [-0.25, -0.2) is 13.1 Å². The van der Waals surface area contributed by atoms with Crippen LogP contribution in [-0.2, 0) is 29.2 Å². The highest BCUT2D eigenvalue weighted by Gasteiger charge is 2.16. The van der Waals surface area contributed by atoms with E-state index in [1.165, 1.54) is 5.69 Å². The predicted molar refractivity (Wildman–Crippen MR) is 90.1 cm³/mol. The van der Waals surface area contributed by atoms with Gasteiger partial charge in [0.1, 0.15) is 0 Å². The Balaban J connectivity index is 1.92. The first-order valence-corrected chi connectivity index (χ1v) is 9.14. The Labute approximate surface area is 137 Å². The number of hydrogen-bond donors (Lipinski definition) is 1. The summed E-state index contributed by atoms with van der Waals surface area (Å²) < 4.78 is 29.2. The predicted octanol–water partition coefficient (Wildman–Crippen LogP) is 2.34. The lowest BCUT2D eigenvalue weighted by atomic mass is 10.1. The highest BCUT2D eigenvalue weighted by atomic mass is 32.2. The lowest BCUT2D eigenvalue weighted by Gasteiger charge is -2.14. The van der Waals surface area contributed by atoms with Gasteiger partial charge < -0.3 is 4.57 Å². The molecule has 23 heavy (non-hydrogen) atoms. The molecule has 1 unspecified atom stereocenters. The van der Waals surface area contributed by atoms with Crippen LogP contribution in [0.2, 0.25) is 0 Å². The van der Waals surface area contributed by atoms with E-state index in [1.807, 2.05) is 42.9 Å². The normalized spacial score (nSPS) is 12.7. The number of sulfonamides is 1.